The minimum absolute atomic E-state index is 0.0222. The second-order valence-corrected chi connectivity index (χ2v) is 14.0. The largest absolute Gasteiger partial charge is 0.488 e. The third-order valence-corrected chi connectivity index (χ3v) is 9.82. The lowest BCUT2D eigenvalue weighted by molar-refractivity contribution is 0.0696. The van der Waals surface area contributed by atoms with Gasteiger partial charge in [-0.3, -0.25) is 9.69 Å². The normalized spacial score (nSPS) is 14.9. The van der Waals surface area contributed by atoms with Crippen molar-refractivity contribution >= 4 is 5.91 Å². The maximum absolute atomic E-state index is 14.4. The van der Waals surface area contributed by atoms with Crippen LogP contribution in [-0.2, 0) is 42.3 Å². The number of nitrogens with zero attached hydrogens (tertiary/aromatic N) is 2. The highest BCUT2D eigenvalue weighted by atomic mass is 16.5. The zero-order valence-electron chi connectivity index (χ0n) is 30.4. The molecule has 8 heteroatoms. The van der Waals surface area contributed by atoms with E-state index in [0.29, 0.717) is 63.5 Å². The predicted molar refractivity (Wildman–Crippen MR) is 201 cm³/mol. The molecule has 0 aliphatic carbocycles. The minimum Gasteiger partial charge on any atom is -0.488 e. The standard InChI is InChI=1S/C43H53N3O5/c1-32(2)39-25-40(42(51-31-34-12-8-5-9-13-34)26-41(39)50-30-33-10-6-4-7-11-33)43(47)46-28-36-15-14-35(24-37(36)29-46)27-45-19-16-38(17-20-45)44-18-21-49-23-22-48-3/h4-15,24-26,32,38,44H,16-23,27-31H2,1-3H3. The van der Waals surface area contributed by atoms with Crippen LogP contribution in [0.1, 0.15) is 76.3 Å². The molecule has 2 heterocycles. The Morgan fingerprint density at radius 2 is 1.43 bits per heavy atom. The van der Waals surface area contributed by atoms with E-state index in [1.54, 1.807) is 7.11 Å². The Hall–Kier alpha value is -4.21. The number of fused-ring (bicyclic) bond motifs is 1. The van der Waals surface area contributed by atoms with E-state index in [4.69, 9.17) is 18.9 Å². The van der Waals surface area contributed by atoms with E-state index in [9.17, 15) is 4.79 Å². The van der Waals surface area contributed by atoms with Crippen LogP contribution in [0.4, 0.5) is 0 Å². The van der Waals surface area contributed by atoms with Gasteiger partial charge in [0.1, 0.15) is 24.7 Å². The first kappa shape index (κ1) is 36.6. The molecule has 0 spiro atoms. The molecule has 8 nitrogen and oxygen atoms in total. The first-order valence-corrected chi connectivity index (χ1v) is 18.4. The Kier molecular flexibility index (Phi) is 13.1. The summed E-state index contributed by atoms with van der Waals surface area (Å²) < 4.78 is 23.4. The lowest BCUT2D eigenvalue weighted by Gasteiger charge is -2.32. The van der Waals surface area contributed by atoms with Crippen molar-refractivity contribution in [2.45, 2.75) is 71.5 Å². The molecule has 0 bridgehead atoms. The van der Waals surface area contributed by atoms with Gasteiger partial charge in [-0.2, -0.15) is 0 Å². The summed E-state index contributed by atoms with van der Waals surface area (Å²) in [5.74, 6) is 1.43. The van der Waals surface area contributed by atoms with E-state index in [1.807, 2.05) is 65.6 Å². The van der Waals surface area contributed by atoms with E-state index < -0.39 is 0 Å². The van der Waals surface area contributed by atoms with Gasteiger partial charge in [0.05, 0.1) is 25.4 Å². The van der Waals surface area contributed by atoms with Crippen molar-refractivity contribution in [3.8, 4) is 11.5 Å². The van der Waals surface area contributed by atoms with Crippen molar-refractivity contribution in [2.75, 3.05) is 46.6 Å². The first-order chi connectivity index (χ1) is 25.0. The third-order valence-electron chi connectivity index (χ3n) is 9.82. The Balaban J connectivity index is 1.11. The number of amides is 1. The van der Waals surface area contributed by atoms with E-state index in [-0.39, 0.29) is 11.8 Å². The zero-order valence-corrected chi connectivity index (χ0v) is 30.4. The molecule has 0 aromatic heterocycles. The van der Waals surface area contributed by atoms with Crippen molar-refractivity contribution in [3.63, 3.8) is 0 Å². The maximum atomic E-state index is 14.4. The molecule has 4 aromatic carbocycles. The number of likely N-dealkylation sites (tertiary alicyclic amines) is 1. The monoisotopic (exact) mass is 691 g/mol. The van der Waals surface area contributed by atoms with Crippen LogP contribution in [0.15, 0.2) is 91.0 Å². The molecule has 0 unspecified atom stereocenters. The zero-order chi connectivity index (χ0) is 35.4. The van der Waals surface area contributed by atoms with Crippen molar-refractivity contribution in [1.29, 1.82) is 0 Å². The van der Waals surface area contributed by atoms with Crippen LogP contribution in [-0.4, -0.2) is 68.3 Å². The molecular formula is C43H53N3O5. The molecule has 1 saturated heterocycles. The molecule has 0 saturated carbocycles. The second-order valence-electron chi connectivity index (χ2n) is 14.0. The van der Waals surface area contributed by atoms with Crippen molar-refractivity contribution < 1.29 is 23.7 Å². The Morgan fingerprint density at radius 3 is 2.10 bits per heavy atom. The molecule has 1 fully saturated rings. The highest BCUT2D eigenvalue weighted by Gasteiger charge is 2.29. The summed E-state index contributed by atoms with van der Waals surface area (Å²) in [6.45, 7) is 12.2. The molecule has 51 heavy (non-hydrogen) atoms. The van der Waals surface area contributed by atoms with Gasteiger partial charge in [0.2, 0.25) is 0 Å². The molecule has 1 amide bonds. The van der Waals surface area contributed by atoms with Crippen molar-refractivity contribution in [2.24, 2.45) is 0 Å². The first-order valence-electron chi connectivity index (χ1n) is 18.4. The van der Waals surface area contributed by atoms with Crippen molar-refractivity contribution in [3.05, 3.63) is 130 Å². The number of hydrogen-bond donors (Lipinski definition) is 1. The van der Waals surface area contributed by atoms with E-state index >= 15 is 0 Å². The van der Waals surface area contributed by atoms with Gasteiger partial charge < -0.3 is 29.2 Å². The fourth-order valence-corrected chi connectivity index (χ4v) is 6.90. The van der Waals surface area contributed by atoms with Crippen LogP contribution in [0.5, 0.6) is 11.5 Å². The van der Waals surface area contributed by atoms with Crippen molar-refractivity contribution in [1.82, 2.24) is 15.1 Å². The van der Waals surface area contributed by atoms with Gasteiger partial charge in [0.15, 0.2) is 0 Å². The SMILES string of the molecule is COCCOCCNC1CCN(Cc2ccc3c(c2)CN(C(=O)c2cc(C(C)C)c(OCc4ccccc4)cc2OCc2ccccc2)C3)CC1. The van der Waals surface area contributed by atoms with Gasteiger partial charge in [-0.05, 0) is 71.3 Å². The van der Waals surface area contributed by atoms with Crippen LogP contribution in [0.2, 0.25) is 0 Å². The lowest BCUT2D eigenvalue weighted by Crippen LogP contribution is -2.43. The number of hydrogen-bond acceptors (Lipinski definition) is 7. The number of carbonyl (C=O) groups excluding carboxylic acids is 1. The van der Waals surface area contributed by atoms with Crippen LogP contribution in [0, 0.1) is 0 Å². The van der Waals surface area contributed by atoms with Gasteiger partial charge in [-0.25, -0.2) is 0 Å². The summed E-state index contributed by atoms with van der Waals surface area (Å²) in [5.41, 5.74) is 7.44. The summed E-state index contributed by atoms with van der Waals surface area (Å²) >= 11 is 0. The van der Waals surface area contributed by atoms with E-state index in [0.717, 1.165) is 61.5 Å². The second kappa shape index (κ2) is 18.3. The fourth-order valence-electron chi connectivity index (χ4n) is 6.90. The summed E-state index contributed by atoms with van der Waals surface area (Å²) in [6.07, 6.45) is 2.27. The molecule has 2 aliphatic rings. The highest BCUT2D eigenvalue weighted by Crippen LogP contribution is 2.37. The molecule has 6 rings (SSSR count). The Bertz CT molecular complexity index is 1690. The summed E-state index contributed by atoms with van der Waals surface area (Å²) in [4.78, 5) is 18.9. The van der Waals surface area contributed by atoms with Gasteiger partial charge in [0.25, 0.3) is 5.91 Å². The fraction of sp³-hybridized carbons (Fsp3) is 0.419. The van der Waals surface area contributed by atoms with E-state index in [2.05, 4.69) is 54.4 Å². The molecule has 4 aromatic rings. The summed E-state index contributed by atoms with van der Waals surface area (Å²) in [6, 6.07) is 31.4. The van der Waals surface area contributed by atoms with E-state index in [1.165, 1.54) is 16.7 Å². The molecule has 2 aliphatic heterocycles. The molecule has 1 N–H and O–H groups in total. The molecule has 270 valence electrons. The maximum Gasteiger partial charge on any atom is 0.258 e. The quantitative estimate of drug-likeness (QED) is 0.116. The van der Waals surface area contributed by atoms with Gasteiger partial charge in [0, 0.05) is 45.4 Å². The number of methoxy groups -OCH3 is 1. The van der Waals surface area contributed by atoms with Crippen LogP contribution in [0.25, 0.3) is 0 Å². The number of ether oxygens (including phenoxy) is 4. The smallest absolute Gasteiger partial charge is 0.258 e. The van der Waals surface area contributed by atoms with Gasteiger partial charge in [-0.15, -0.1) is 0 Å². The van der Waals surface area contributed by atoms with Crippen LogP contribution >= 0.6 is 0 Å². The average molecular weight is 692 g/mol. The number of nitrogens with one attached hydrogen (secondary N) is 1. The van der Waals surface area contributed by atoms with Gasteiger partial charge >= 0.3 is 0 Å². The van der Waals surface area contributed by atoms with Gasteiger partial charge in [-0.1, -0.05) is 92.7 Å². The minimum atomic E-state index is -0.0222. The lowest BCUT2D eigenvalue weighted by atomic mass is 9.98. The number of benzene rings is 4. The number of carbonyl (C=O) groups is 1. The van der Waals surface area contributed by atoms with Crippen LogP contribution < -0.4 is 14.8 Å². The molecule has 0 atom stereocenters. The number of rotatable bonds is 17. The van der Waals surface area contributed by atoms with Crippen LogP contribution in [0.3, 0.4) is 0 Å². The highest BCUT2D eigenvalue weighted by molar-refractivity contribution is 5.98. The Labute approximate surface area is 303 Å². The predicted octanol–water partition coefficient (Wildman–Crippen LogP) is 7.34. The summed E-state index contributed by atoms with van der Waals surface area (Å²) in [5, 5.41) is 3.65. The average Bonchev–Trinajstić information content (AvgIpc) is 3.59. The number of piperidine rings is 1. The Morgan fingerprint density at radius 1 is 0.765 bits per heavy atom. The topological polar surface area (TPSA) is 72.5 Å². The molecule has 0 radical (unpaired) electrons. The summed E-state index contributed by atoms with van der Waals surface area (Å²) in [7, 11) is 1.69. The molecular weight excluding hydrogens is 638 g/mol. The third kappa shape index (κ3) is 10.2.